The summed E-state index contributed by atoms with van der Waals surface area (Å²) in [6, 6.07) is 7.78. The average Bonchev–Trinajstić information content (AvgIpc) is 3.11. The Morgan fingerprint density at radius 3 is 2.81 bits per heavy atom. The second kappa shape index (κ2) is 7.29. The Bertz CT molecular complexity index is 813. The van der Waals surface area contributed by atoms with Crippen LogP contribution in [0.3, 0.4) is 0 Å². The average molecular weight is 357 g/mol. The number of piperidine rings is 1. The number of para-hydroxylation sites is 1. The number of amides is 1. The second-order valence-electron chi connectivity index (χ2n) is 6.81. The van der Waals surface area contributed by atoms with Gasteiger partial charge in [0.15, 0.2) is 0 Å². The fourth-order valence-electron chi connectivity index (χ4n) is 3.50. The van der Waals surface area contributed by atoms with Gasteiger partial charge in [-0.05, 0) is 31.4 Å². The van der Waals surface area contributed by atoms with Gasteiger partial charge in [0.05, 0.1) is 24.1 Å². The van der Waals surface area contributed by atoms with E-state index < -0.39 is 11.4 Å². The fraction of sp³-hybridized carbons (Fsp3) is 0.421. The monoisotopic (exact) mass is 357 g/mol. The summed E-state index contributed by atoms with van der Waals surface area (Å²) in [5.74, 6) is -1.13. The van der Waals surface area contributed by atoms with Crippen LogP contribution in [-0.2, 0) is 9.53 Å². The van der Waals surface area contributed by atoms with Crippen LogP contribution in [0.2, 0.25) is 0 Å². The van der Waals surface area contributed by atoms with Crippen molar-refractivity contribution >= 4 is 11.9 Å². The first kappa shape index (κ1) is 18.1. The van der Waals surface area contributed by atoms with Gasteiger partial charge in [0.2, 0.25) is 0 Å². The third kappa shape index (κ3) is 3.35. The highest BCUT2D eigenvalue weighted by Crippen LogP contribution is 2.31. The van der Waals surface area contributed by atoms with Crippen molar-refractivity contribution in [1.29, 1.82) is 0 Å². The quantitative estimate of drug-likeness (QED) is 0.886. The minimum atomic E-state index is -1.05. The minimum absolute atomic E-state index is 0.0919. The highest BCUT2D eigenvalue weighted by Gasteiger charge is 2.44. The summed E-state index contributed by atoms with van der Waals surface area (Å²) >= 11 is 0. The summed E-state index contributed by atoms with van der Waals surface area (Å²) in [5.41, 5.74) is 1.36. The molecule has 138 valence electrons. The molecule has 1 aliphatic rings. The molecule has 26 heavy (non-hydrogen) atoms. The zero-order chi connectivity index (χ0) is 18.7. The lowest BCUT2D eigenvalue weighted by Crippen LogP contribution is -2.52. The maximum Gasteiger partial charge on any atom is 0.313 e. The molecule has 0 aliphatic carbocycles. The molecule has 3 rings (SSSR count). The zero-order valence-corrected chi connectivity index (χ0v) is 15.0. The van der Waals surface area contributed by atoms with Gasteiger partial charge >= 0.3 is 5.97 Å². The Morgan fingerprint density at radius 2 is 2.12 bits per heavy atom. The lowest BCUT2D eigenvalue weighted by Gasteiger charge is -2.39. The van der Waals surface area contributed by atoms with Crippen molar-refractivity contribution in [2.24, 2.45) is 5.41 Å². The lowest BCUT2D eigenvalue weighted by atomic mass is 9.80. The molecule has 1 aliphatic heterocycles. The molecule has 0 bridgehead atoms. The van der Waals surface area contributed by atoms with Crippen LogP contribution < -0.4 is 0 Å². The maximum absolute atomic E-state index is 12.9. The molecule has 7 nitrogen and oxygen atoms in total. The van der Waals surface area contributed by atoms with Crippen molar-refractivity contribution in [3.63, 3.8) is 0 Å². The number of aryl methyl sites for hydroxylation is 1. The molecule has 7 heteroatoms. The number of carbonyl (C=O) groups is 2. The number of likely N-dealkylation sites (tertiary alicyclic amines) is 1. The molecule has 0 spiro atoms. The highest BCUT2D eigenvalue weighted by molar-refractivity contribution is 5.94. The summed E-state index contributed by atoms with van der Waals surface area (Å²) in [5, 5.41) is 13.9. The van der Waals surface area contributed by atoms with Gasteiger partial charge in [-0.3, -0.25) is 9.59 Å². The smallest absolute Gasteiger partial charge is 0.313 e. The number of ether oxygens (including phenoxy) is 1. The zero-order valence-electron chi connectivity index (χ0n) is 15.0. The number of aliphatic carboxylic acids is 1. The van der Waals surface area contributed by atoms with Crippen LogP contribution in [0.1, 0.15) is 28.8 Å². The van der Waals surface area contributed by atoms with E-state index in [1.165, 1.54) is 13.3 Å². The predicted octanol–water partition coefficient (Wildman–Crippen LogP) is 2.13. The number of nitrogens with zero attached hydrogens (tertiary/aromatic N) is 3. The molecule has 1 saturated heterocycles. The highest BCUT2D eigenvalue weighted by atomic mass is 16.5. The van der Waals surface area contributed by atoms with Gasteiger partial charge in [0.1, 0.15) is 5.41 Å². The Labute approximate surface area is 152 Å². The molecule has 1 aromatic carbocycles. The number of methoxy groups -OCH3 is 1. The Hall–Kier alpha value is -2.67. The molecular formula is C19H23N3O4. The standard InChI is InChI=1S/C19H23N3O4/c1-14-6-3-4-7-16(14)22-11-15(10-20-22)17(23)21-9-5-8-19(12-21,13-26-2)18(24)25/h3-4,6-7,10-11H,5,8-9,12-13H2,1-2H3,(H,24,25). The Kier molecular flexibility index (Phi) is 5.08. The van der Waals surface area contributed by atoms with Crippen LogP contribution in [0, 0.1) is 12.3 Å². The van der Waals surface area contributed by atoms with E-state index in [0.29, 0.717) is 24.9 Å². The third-order valence-electron chi connectivity index (χ3n) is 4.93. The van der Waals surface area contributed by atoms with Crippen molar-refractivity contribution in [3.8, 4) is 5.69 Å². The Balaban J connectivity index is 1.81. The fourth-order valence-corrected chi connectivity index (χ4v) is 3.50. The SMILES string of the molecule is COCC1(C(=O)O)CCCN(C(=O)c2cnn(-c3ccccc3C)c2)C1. The second-order valence-corrected chi connectivity index (χ2v) is 6.81. The van der Waals surface area contributed by atoms with E-state index in [1.807, 2.05) is 31.2 Å². The Morgan fingerprint density at radius 1 is 1.35 bits per heavy atom. The number of carboxylic acid groups (broad SMARTS) is 1. The first-order valence-corrected chi connectivity index (χ1v) is 8.59. The van der Waals surface area contributed by atoms with Crippen molar-refractivity contribution in [3.05, 3.63) is 47.8 Å². The molecule has 2 aromatic rings. The minimum Gasteiger partial charge on any atom is -0.481 e. The summed E-state index contributed by atoms with van der Waals surface area (Å²) in [4.78, 5) is 26.2. The van der Waals surface area contributed by atoms with Gasteiger partial charge in [-0.15, -0.1) is 0 Å². The van der Waals surface area contributed by atoms with Gasteiger partial charge < -0.3 is 14.7 Å². The number of aromatic nitrogens is 2. The van der Waals surface area contributed by atoms with Crippen LogP contribution in [0.4, 0.5) is 0 Å². The molecule has 0 radical (unpaired) electrons. The summed E-state index contributed by atoms with van der Waals surface area (Å²) < 4.78 is 6.79. The largest absolute Gasteiger partial charge is 0.481 e. The van der Waals surface area contributed by atoms with Crippen LogP contribution in [0.25, 0.3) is 5.69 Å². The van der Waals surface area contributed by atoms with E-state index >= 15 is 0 Å². The normalized spacial score (nSPS) is 20.2. The first-order valence-electron chi connectivity index (χ1n) is 8.59. The van der Waals surface area contributed by atoms with Crippen LogP contribution in [0.5, 0.6) is 0 Å². The van der Waals surface area contributed by atoms with Gasteiger partial charge in [0.25, 0.3) is 5.91 Å². The van der Waals surface area contributed by atoms with Crippen LogP contribution >= 0.6 is 0 Å². The maximum atomic E-state index is 12.9. The van der Waals surface area contributed by atoms with Crippen LogP contribution in [0.15, 0.2) is 36.7 Å². The number of rotatable bonds is 5. The molecule has 1 unspecified atom stereocenters. The predicted molar refractivity (Wildman–Crippen MR) is 95.4 cm³/mol. The number of hydrogen-bond acceptors (Lipinski definition) is 4. The number of hydrogen-bond donors (Lipinski definition) is 1. The van der Waals surface area contributed by atoms with Crippen molar-refractivity contribution in [2.45, 2.75) is 19.8 Å². The molecule has 2 heterocycles. The third-order valence-corrected chi connectivity index (χ3v) is 4.93. The van der Waals surface area contributed by atoms with Crippen molar-refractivity contribution in [1.82, 2.24) is 14.7 Å². The van der Waals surface area contributed by atoms with E-state index in [0.717, 1.165) is 11.3 Å². The number of benzene rings is 1. The summed E-state index contributed by atoms with van der Waals surface area (Å²) in [7, 11) is 1.48. The van der Waals surface area contributed by atoms with Gasteiger partial charge in [0, 0.05) is 26.4 Å². The molecule has 1 aromatic heterocycles. The summed E-state index contributed by atoms with van der Waals surface area (Å²) in [6.07, 6.45) is 4.36. The van der Waals surface area contributed by atoms with Gasteiger partial charge in [-0.2, -0.15) is 5.10 Å². The van der Waals surface area contributed by atoms with Crippen molar-refractivity contribution in [2.75, 3.05) is 26.8 Å². The molecule has 1 amide bonds. The van der Waals surface area contributed by atoms with Gasteiger partial charge in [-0.25, -0.2) is 4.68 Å². The number of carboxylic acids is 1. The number of carbonyl (C=O) groups excluding carboxylic acids is 1. The van der Waals surface area contributed by atoms with E-state index in [2.05, 4.69) is 5.10 Å². The topological polar surface area (TPSA) is 84.7 Å². The van der Waals surface area contributed by atoms with Crippen molar-refractivity contribution < 1.29 is 19.4 Å². The van der Waals surface area contributed by atoms with E-state index in [-0.39, 0.29) is 19.1 Å². The molecule has 1 N–H and O–H groups in total. The van der Waals surface area contributed by atoms with E-state index in [4.69, 9.17) is 4.74 Å². The van der Waals surface area contributed by atoms with E-state index in [1.54, 1.807) is 15.8 Å². The first-order chi connectivity index (χ1) is 12.5. The van der Waals surface area contributed by atoms with Gasteiger partial charge in [-0.1, -0.05) is 18.2 Å². The van der Waals surface area contributed by atoms with Crippen LogP contribution in [-0.4, -0.2) is 58.5 Å². The summed E-state index contributed by atoms with van der Waals surface area (Å²) in [6.45, 7) is 2.75. The molecule has 1 atom stereocenters. The molecule has 0 saturated carbocycles. The lowest BCUT2D eigenvalue weighted by molar-refractivity contribution is -0.155. The molecular weight excluding hydrogens is 334 g/mol. The van der Waals surface area contributed by atoms with E-state index in [9.17, 15) is 14.7 Å². The molecule has 1 fully saturated rings.